The zero-order valence-corrected chi connectivity index (χ0v) is 10.3. The third-order valence-electron chi connectivity index (χ3n) is 2.70. The lowest BCUT2D eigenvalue weighted by molar-refractivity contribution is 0.0679. The number of nitrogens with two attached hydrogens (primary N) is 1. The van der Waals surface area contributed by atoms with Gasteiger partial charge in [0.15, 0.2) is 0 Å². The van der Waals surface area contributed by atoms with Gasteiger partial charge in [-0.05, 0) is 25.1 Å². The molecule has 1 atom stereocenters. The maximum Gasteiger partial charge on any atom is 0.257 e. The van der Waals surface area contributed by atoms with Crippen molar-refractivity contribution < 1.29 is 14.6 Å². The Morgan fingerprint density at radius 1 is 1.59 bits per heavy atom. The summed E-state index contributed by atoms with van der Waals surface area (Å²) in [6.07, 6.45) is 0. The first-order valence-electron chi connectivity index (χ1n) is 5.32. The fraction of sp³-hybridized carbons (Fsp3) is 0.417. The van der Waals surface area contributed by atoms with E-state index in [0.717, 1.165) is 0 Å². The van der Waals surface area contributed by atoms with Crippen molar-refractivity contribution in [2.45, 2.75) is 13.0 Å². The number of hydrogen-bond acceptors (Lipinski definition) is 4. The van der Waals surface area contributed by atoms with Crippen LogP contribution in [-0.2, 0) is 0 Å². The average Bonchev–Trinajstić information content (AvgIpc) is 2.35. The minimum absolute atomic E-state index is 0.0904. The number of nitrogens with zero attached hydrogens (tertiary/aromatic N) is 1. The molecule has 0 aliphatic carbocycles. The van der Waals surface area contributed by atoms with E-state index in [1.54, 1.807) is 32.2 Å². The number of rotatable bonds is 4. The summed E-state index contributed by atoms with van der Waals surface area (Å²) in [6.45, 7) is 1.67. The highest BCUT2D eigenvalue weighted by Gasteiger charge is 2.20. The van der Waals surface area contributed by atoms with Crippen LogP contribution in [0.15, 0.2) is 18.2 Å². The van der Waals surface area contributed by atoms with Gasteiger partial charge in [0, 0.05) is 12.7 Å². The minimum atomic E-state index is -0.256. The first kappa shape index (κ1) is 13.3. The normalized spacial score (nSPS) is 12.0. The lowest BCUT2D eigenvalue weighted by atomic mass is 10.1. The van der Waals surface area contributed by atoms with Gasteiger partial charge in [-0.2, -0.15) is 0 Å². The van der Waals surface area contributed by atoms with Crippen LogP contribution in [0.2, 0.25) is 0 Å². The highest BCUT2D eigenvalue weighted by Crippen LogP contribution is 2.22. The molecule has 1 aromatic rings. The van der Waals surface area contributed by atoms with Gasteiger partial charge in [-0.25, -0.2) is 0 Å². The van der Waals surface area contributed by atoms with E-state index in [0.29, 0.717) is 17.0 Å². The maximum absolute atomic E-state index is 12.2. The van der Waals surface area contributed by atoms with Crippen molar-refractivity contribution in [3.63, 3.8) is 0 Å². The molecule has 0 aromatic heterocycles. The predicted octanol–water partition coefficient (Wildman–Crippen LogP) is 0.730. The smallest absolute Gasteiger partial charge is 0.257 e. The topological polar surface area (TPSA) is 75.8 Å². The second kappa shape index (κ2) is 5.54. The highest BCUT2D eigenvalue weighted by atomic mass is 16.5. The third-order valence-corrected chi connectivity index (χ3v) is 2.70. The molecule has 0 radical (unpaired) electrons. The molecule has 0 saturated carbocycles. The summed E-state index contributed by atoms with van der Waals surface area (Å²) in [5.41, 5.74) is 6.55. The van der Waals surface area contributed by atoms with Crippen LogP contribution in [-0.4, -0.2) is 42.7 Å². The van der Waals surface area contributed by atoms with E-state index in [4.69, 9.17) is 15.6 Å². The van der Waals surface area contributed by atoms with Crippen LogP contribution in [0.1, 0.15) is 17.3 Å². The predicted molar refractivity (Wildman–Crippen MR) is 66.0 cm³/mol. The Kier molecular flexibility index (Phi) is 4.34. The monoisotopic (exact) mass is 238 g/mol. The second-order valence-corrected chi connectivity index (χ2v) is 3.91. The Labute approximate surface area is 101 Å². The summed E-state index contributed by atoms with van der Waals surface area (Å²) in [6, 6.07) is 4.64. The fourth-order valence-corrected chi connectivity index (χ4v) is 1.41. The number of hydrogen-bond donors (Lipinski definition) is 2. The molecule has 3 N–H and O–H groups in total. The molecular weight excluding hydrogens is 220 g/mol. The molecule has 5 heteroatoms. The summed E-state index contributed by atoms with van der Waals surface area (Å²) in [4.78, 5) is 13.6. The lowest BCUT2D eigenvalue weighted by Gasteiger charge is -2.24. The van der Waals surface area contributed by atoms with Crippen LogP contribution in [0.5, 0.6) is 5.75 Å². The zero-order chi connectivity index (χ0) is 13.0. The van der Waals surface area contributed by atoms with Gasteiger partial charge in [0.2, 0.25) is 0 Å². The average molecular weight is 238 g/mol. The van der Waals surface area contributed by atoms with Crippen molar-refractivity contribution in [1.29, 1.82) is 0 Å². The molecule has 1 aromatic carbocycles. The molecule has 1 rings (SSSR count). The summed E-state index contributed by atoms with van der Waals surface area (Å²) < 4.78 is 5.12. The largest absolute Gasteiger partial charge is 0.496 e. The van der Waals surface area contributed by atoms with Crippen LogP contribution in [0.3, 0.4) is 0 Å². The van der Waals surface area contributed by atoms with Crippen LogP contribution in [0, 0.1) is 0 Å². The fourth-order valence-electron chi connectivity index (χ4n) is 1.41. The molecule has 0 saturated heterocycles. The van der Waals surface area contributed by atoms with E-state index in [1.165, 1.54) is 12.0 Å². The molecule has 1 amide bonds. The van der Waals surface area contributed by atoms with Gasteiger partial charge in [-0.3, -0.25) is 4.79 Å². The molecule has 0 aliphatic heterocycles. The first-order chi connectivity index (χ1) is 8.01. The van der Waals surface area contributed by atoms with Gasteiger partial charge in [0.1, 0.15) is 5.75 Å². The Bertz CT molecular complexity index is 407. The first-order valence-corrected chi connectivity index (χ1v) is 5.32. The quantitative estimate of drug-likeness (QED) is 0.758. The van der Waals surface area contributed by atoms with E-state index in [2.05, 4.69) is 0 Å². The number of likely N-dealkylation sites (N-methyl/N-ethyl adjacent to an activating group) is 1. The number of benzene rings is 1. The number of anilines is 1. The number of nitrogen functional groups attached to an aromatic ring is 1. The molecule has 17 heavy (non-hydrogen) atoms. The molecule has 0 bridgehead atoms. The number of carbonyl (C=O) groups is 1. The van der Waals surface area contributed by atoms with Crippen molar-refractivity contribution in [3.8, 4) is 5.75 Å². The van der Waals surface area contributed by atoms with Gasteiger partial charge in [0.05, 0.1) is 25.3 Å². The molecule has 94 valence electrons. The number of amides is 1. The molecule has 0 aliphatic rings. The molecule has 1 unspecified atom stereocenters. The third kappa shape index (κ3) is 2.88. The Hall–Kier alpha value is -1.75. The number of aliphatic hydroxyl groups is 1. The molecule has 0 heterocycles. The van der Waals surface area contributed by atoms with Crippen LogP contribution in [0.4, 0.5) is 5.69 Å². The summed E-state index contributed by atoms with van der Waals surface area (Å²) in [5, 5.41) is 9.03. The molecule has 0 spiro atoms. The number of methoxy groups -OCH3 is 1. The van der Waals surface area contributed by atoms with Gasteiger partial charge in [-0.15, -0.1) is 0 Å². The van der Waals surface area contributed by atoms with Crippen molar-refractivity contribution in [2.24, 2.45) is 0 Å². The van der Waals surface area contributed by atoms with E-state index in [-0.39, 0.29) is 18.6 Å². The zero-order valence-electron chi connectivity index (χ0n) is 10.3. The minimum Gasteiger partial charge on any atom is -0.496 e. The summed E-state index contributed by atoms with van der Waals surface area (Å²) in [7, 11) is 3.13. The molecule has 5 nitrogen and oxygen atoms in total. The SMILES string of the molecule is COc1ccc(N)cc1C(=O)N(C)C(C)CO. The van der Waals surface area contributed by atoms with E-state index in [9.17, 15) is 4.79 Å². The lowest BCUT2D eigenvalue weighted by Crippen LogP contribution is -2.37. The Balaban J connectivity index is 3.06. The summed E-state index contributed by atoms with van der Waals surface area (Å²) >= 11 is 0. The molecule has 0 fully saturated rings. The number of ether oxygens (including phenoxy) is 1. The Morgan fingerprint density at radius 3 is 2.76 bits per heavy atom. The van der Waals surface area contributed by atoms with Crippen molar-refractivity contribution in [1.82, 2.24) is 4.90 Å². The van der Waals surface area contributed by atoms with E-state index < -0.39 is 0 Å². The number of carbonyl (C=O) groups excluding carboxylic acids is 1. The Morgan fingerprint density at radius 2 is 2.24 bits per heavy atom. The van der Waals surface area contributed by atoms with Gasteiger partial charge < -0.3 is 20.5 Å². The second-order valence-electron chi connectivity index (χ2n) is 3.91. The molecular formula is C12H18N2O3. The van der Waals surface area contributed by atoms with E-state index in [1.807, 2.05) is 0 Å². The number of aliphatic hydroxyl groups excluding tert-OH is 1. The van der Waals surface area contributed by atoms with Crippen LogP contribution in [0.25, 0.3) is 0 Å². The van der Waals surface area contributed by atoms with Crippen LogP contribution >= 0.6 is 0 Å². The van der Waals surface area contributed by atoms with E-state index >= 15 is 0 Å². The van der Waals surface area contributed by atoms with Crippen molar-refractivity contribution >= 4 is 11.6 Å². The van der Waals surface area contributed by atoms with Gasteiger partial charge in [0.25, 0.3) is 5.91 Å². The van der Waals surface area contributed by atoms with Crippen molar-refractivity contribution in [3.05, 3.63) is 23.8 Å². The standard InChI is InChI=1S/C12H18N2O3/c1-8(7-15)14(2)12(16)10-6-9(13)4-5-11(10)17-3/h4-6,8,15H,7,13H2,1-3H3. The van der Waals surface area contributed by atoms with Gasteiger partial charge >= 0.3 is 0 Å². The maximum atomic E-state index is 12.2. The summed E-state index contributed by atoms with van der Waals surface area (Å²) in [5.74, 6) is 0.247. The van der Waals surface area contributed by atoms with Crippen LogP contribution < -0.4 is 10.5 Å². The van der Waals surface area contributed by atoms with Crippen molar-refractivity contribution in [2.75, 3.05) is 26.5 Å². The van der Waals surface area contributed by atoms with Gasteiger partial charge in [-0.1, -0.05) is 0 Å². The highest BCUT2D eigenvalue weighted by molar-refractivity contribution is 5.97.